The van der Waals surface area contributed by atoms with E-state index in [1.54, 1.807) is 27.0 Å². The van der Waals surface area contributed by atoms with Crippen LogP contribution in [0.2, 0.25) is 0 Å². The Hall–Kier alpha value is -2.63. The summed E-state index contributed by atoms with van der Waals surface area (Å²) in [6.07, 6.45) is 0.447. The van der Waals surface area contributed by atoms with Gasteiger partial charge in [-0.05, 0) is 37.6 Å². The van der Waals surface area contributed by atoms with Crippen molar-refractivity contribution >= 4 is 5.97 Å². The number of aryl methyl sites for hydroxylation is 1. The molecule has 0 atom stereocenters. The second-order valence-corrected chi connectivity index (χ2v) is 5.11. The molecule has 2 aromatic rings. The fourth-order valence-electron chi connectivity index (χ4n) is 2.31. The van der Waals surface area contributed by atoms with Gasteiger partial charge in [-0.3, -0.25) is 9.59 Å². The first kappa shape index (κ1) is 16.7. The summed E-state index contributed by atoms with van der Waals surface area (Å²) < 4.78 is 11.2. The summed E-state index contributed by atoms with van der Waals surface area (Å²) in [5, 5.41) is 4.11. The monoisotopic (exact) mass is 316 g/mol. The van der Waals surface area contributed by atoms with Gasteiger partial charge in [-0.25, -0.2) is 4.68 Å². The van der Waals surface area contributed by atoms with Crippen molar-refractivity contribution in [2.45, 2.75) is 26.8 Å². The first-order valence-corrected chi connectivity index (χ1v) is 7.39. The van der Waals surface area contributed by atoms with Crippen LogP contribution in [0, 0.1) is 6.92 Å². The molecule has 0 saturated carbocycles. The van der Waals surface area contributed by atoms with E-state index in [0.29, 0.717) is 17.7 Å². The Morgan fingerprint density at radius 3 is 2.78 bits per heavy atom. The SMILES string of the molecule is CCOC(=O)Cn1nc(C)cc(Cc2cccc(OC)c2)c1=O. The third kappa shape index (κ3) is 4.42. The van der Waals surface area contributed by atoms with E-state index in [1.165, 1.54) is 0 Å². The maximum atomic E-state index is 12.5. The lowest BCUT2D eigenvalue weighted by molar-refractivity contribution is -0.144. The highest BCUT2D eigenvalue weighted by Crippen LogP contribution is 2.15. The number of aromatic nitrogens is 2. The second-order valence-electron chi connectivity index (χ2n) is 5.11. The minimum atomic E-state index is -0.472. The number of hydrogen-bond acceptors (Lipinski definition) is 5. The van der Waals surface area contributed by atoms with E-state index in [9.17, 15) is 9.59 Å². The molecule has 6 nitrogen and oxygen atoms in total. The van der Waals surface area contributed by atoms with E-state index in [-0.39, 0.29) is 18.7 Å². The van der Waals surface area contributed by atoms with Crippen molar-refractivity contribution in [3.8, 4) is 5.75 Å². The summed E-state index contributed by atoms with van der Waals surface area (Å²) in [7, 11) is 1.60. The van der Waals surface area contributed by atoms with Crippen molar-refractivity contribution in [1.29, 1.82) is 0 Å². The molecule has 1 heterocycles. The molecular weight excluding hydrogens is 296 g/mol. The summed E-state index contributed by atoms with van der Waals surface area (Å²) in [6, 6.07) is 9.27. The molecule has 0 radical (unpaired) electrons. The lowest BCUT2D eigenvalue weighted by Gasteiger charge is -2.09. The summed E-state index contributed by atoms with van der Waals surface area (Å²) in [4.78, 5) is 24.1. The normalized spacial score (nSPS) is 10.4. The summed E-state index contributed by atoms with van der Waals surface area (Å²) in [5.41, 5.74) is 1.92. The highest BCUT2D eigenvalue weighted by Gasteiger charge is 2.11. The Labute approximate surface area is 134 Å². The minimum Gasteiger partial charge on any atom is -0.497 e. The van der Waals surface area contributed by atoms with Gasteiger partial charge in [0.2, 0.25) is 0 Å². The van der Waals surface area contributed by atoms with Crippen molar-refractivity contribution < 1.29 is 14.3 Å². The van der Waals surface area contributed by atoms with Gasteiger partial charge >= 0.3 is 5.97 Å². The number of hydrogen-bond donors (Lipinski definition) is 0. The van der Waals surface area contributed by atoms with Gasteiger partial charge in [0.25, 0.3) is 5.56 Å². The van der Waals surface area contributed by atoms with Crippen LogP contribution in [-0.2, 0) is 22.5 Å². The number of benzene rings is 1. The smallest absolute Gasteiger partial charge is 0.327 e. The molecular formula is C17H20N2O4. The lowest BCUT2D eigenvalue weighted by atomic mass is 10.1. The van der Waals surface area contributed by atoms with Gasteiger partial charge in [-0.1, -0.05) is 12.1 Å². The average molecular weight is 316 g/mol. The van der Waals surface area contributed by atoms with Crippen LogP contribution in [0.25, 0.3) is 0 Å². The van der Waals surface area contributed by atoms with Gasteiger partial charge in [0.05, 0.1) is 19.4 Å². The van der Waals surface area contributed by atoms with Crippen molar-refractivity contribution in [1.82, 2.24) is 9.78 Å². The molecule has 0 unspecified atom stereocenters. The molecule has 1 aromatic heterocycles. The zero-order valence-corrected chi connectivity index (χ0v) is 13.5. The first-order valence-electron chi connectivity index (χ1n) is 7.39. The number of nitrogens with zero attached hydrogens (tertiary/aromatic N) is 2. The van der Waals surface area contributed by atoms with Crippen LogP contribution in [0.15, 0.2) is 35.1 Å². The van der Waals surface area contributed by atoms with Crippen LogP contribution in [0.3, 0.4) is 0 Å². The van der Waals surface area contributed by atoms with Gasteiger partial charge in [-0.2, -0.15) is 5.10 Å². The van der Waals surface area contributed by atoms with Gasteiger partial charge in [0, 0.05) is 12.0 Å². The van der Waals surface area contributed by atoms with Gasteiger partial charge in [0.15, 0.2) is 0 Å². The molecule has 2 rings (SSSR count). The highest BCUT2D eigenvalue weighted by molar-refractivity contribution is 5.68. The maximum Gasteiger partial charge on any atom is 0.327 e. The molecule has 0 amide bonds. The summed E-state index contributed by atoms with van der Waals surface area (Å²) in [5.74, 6) is 0.264. The zero-order valence-electron chi connectivity index (χ0n) is 13.5. The van der Waals surface area contributed by atoms with Gasteiger partial charge in [-0.15, -0.1) is 0 Å². The topological polar surface area (TPSA) is 70.4 Å². The van der Waals surface area contributed by atoms with Crippen molar-refractivity contribution in [3.63, 3.8) is 0 Å². The molecule has 0 saturated heterocycles. The van der Waals surface area contributed by atoms with Crippen molar-refractivity contribution in [3.05, 3.63) is 57.5 Å². The maximum absolute atomic E-state index is 12.5. The standard InChI is InChI=1S/C17H20N2O4/c1-4-23-16(20)11-19-17(21)14(8-12(2)18-19)9-13-6-5-7-15(10-13)22-3/h5-8,10H,4,9,11H2,1-3H3. The number of methoxy groups -OCH3 is 1. The van der Waals surface area contributed by atoms with E-state index in [0.717, 1.165) is 16.0 Å². The Kier molecular flexibility index (Phi) is 5.51. The zero-order chi connectivity index (χ0) is 16.8. The fourth-order valence-corrected chi connectivity index (χ4v) is 2.31. The summed E-state index contributed by atoms with van der Waals surface area (Å²) >= 11 is 0. The first-order chi connectivity index (χ1) is 11.0. The summed E-state index contributed by atoms with van der Waals surface area (Å²) in [6.45, 7) is 3.60. The van der Waals surface area contributed by atoms with Crippen molar-refractivity contribution in [2.75, 3.05) is 13.7 Å². The number of ether oxygens (including phenoxy) is 2. The molecule has 0 aliphatic rings. The Bertz CT molecular complexity index is 752. The molecule has 0 spiro atoms. The van der Waals surface area contributed by atoms with E-state index < -0.39 is 5.97 Å². The van der Waals surface area contributed by atoms with Crippen LogP contribution in [0.1, 0.15) is 23.7 Å². The Balaban J connectivity index is 2.30. The van der Waals surface area contributed by atoms with Crippen LogP contribution in [0.5, 0.6) is 5.75 Å². The minimum absolute atomic E-state index is 0.181. The number of carbonyl (C=O) groups excluding carboxylic acids is 1. The molecule has 0 bridgehead atoms. The molecule has 1 aromatic carbocycles. The lowest BCUT2D eigenvalue weighted by Crippen LogP contribution is -2.30. The number of rotatable bonds is 6. The molecule has 0 aliphatic heterocycles. The number of esters is 1. The fraction of sp³-hybridized carbons (Fsp3) is 0.353. The molecule has 122 valence electrons. The van der Waals surface area contributed by atoms with E-state index in [2.05, 4.69) is 5.10 Å². The molecule has 0 fully saturated rings. The van der Waals surface area contributed by atoms with Gasteiger partial charge < -0.3 is 9.47 Å². The average Bonchev–Trinajstić information content (AvgIpc) is 2.52. The molecule has 6 heteroatoms. The predicted molar refractivity (Wildman–Crippen MR) is 85.7 cm³/mol. The number of carbonyl (C=O) groups is 1. The third-order valence-electron chi connectivity index (χ3n) is 3.28. The van der Waals surface area contributed by atoms with E-state index in [1.807, 2.05) is 24.3 Å². The van der Waals surface area contributed by atoms with Crippen molar-refractivity contribution in [2.24, 2.45) is 0 Å². The second kappa shape index (κ2) is 7.58. The molecule has 23 heavy (non-hydrogen) atoms. The van der Waals surface area contributed by atoms with E-state index in [4.69, 9.17) is 9.47 Å². The predicted octanol–water partition coefficient (Wildman–Crippen LogP) is 1.71. The Morgan fingerprint density at radius 2 is 2.09 bits per heavy atom. The largest absolute Gasteiger partial charge is 0.497 e. The van der Waals surface area contributed by atoms with Crippen LogP contribution in [-0.4, -0.2) is 29.5 Å². The van der Waals surface area contributed by atoms with Crippen LogP contribution in [0.4, 0.5) is 0 Å². The highest BCUT2D eigenvalue weighted by atomic mass is 16.5. The van der Waals surface area contributed by atoms with E-state index >= 15 is 0 Å². The Morgan fingerprint density at radius 1 is 1.30 bits per heavy atom. The van der Waals surface area contributed by atoms with Crippen LogP contribution < -0.4 is 10.3 Å². The quantitative estimate of drug-likeness (QED) is 0.759. The third-order valence-corrected chi connectivity index (χ3v) is 3.28. The molecule has 0 aliphatic carbocycles. The van der Waals surface area contributed by atoms with Gasteiger partial charge in [0.1, 0.15) is 12.3 Å². The van der Waals surface area contributed by atoms with Crippen LogP contribution >= 0.6 is 0 Å². The molecule has 0 N–H and O–H groups in total.